The molecule has 0 aliphatic rings. The molecule has 0 amide bonds. The monoisotopic (exact) mass is 643 g/mol. The number of hydrogen-bond donors (Lipinski definition) is 0. The highest BCUT2D eigenvalue weighted by atomic mass is 32.1. The zero-order valence-electron chi connectivity index (χ0n) is 26.5. The van der Waals surface area contributed by atoms with E-state index in [4.69, 9.17) is 15.0 Å². The predicted molar refractivity (Wildman–Crippen MR) is 205 cm³/mol. The summed E-state index contributed by atoms with van der Waals surface area (Å²) >= 11 is 1.86. The molecule has 0 aliphatic carbocycles. The Labute approximate surface area is 288 Å². The van der Waals surface area contributed by atoms with E-state index < -0.39 is 0 Å². The van der Waals surface area contributed by atoms with Crippen molar-refractivity contribution in [1.82, 2.24) is 15.0 Å². The van der Waals surface area contributed by atoms with Crippen LogP contribution in [-0.4, -0.2) is 15.0 Å². The van der Waals surface area contributed by atoms with E-state index >= 15 is 0 Å². The number of nitrogens with zero attached hydrogens (tertiary/aromatic N) is 3. The molecule has 0 saturated carbocycles. The second kappa shape index (κ2) is 12.4. The van der Waals surface area contributed by atoms with Crippen LogP contribution in [0.3, 0.4) is 0 Å². The van der Waals surface area contributed by atoms with Crippen molar-refractivity contribution in [3.63, 3.8) is 0 Å². The van der Waals surface area contributed by atoms with Crippen LogP contribution in [0.25, 0.3) is 87.7 Å². The van der Waals surface area contributed by atoms with E-state index in [1.165, 1.54) is 48.0 Å². The zero-order chi connectivity index (χ0) is 32.6. The zero-order valence-corrected chi connectivity index (χ0v) is 27.3. The summed E-state index contributed by atoms with van der Waals surface area (Å²) in [6.07, 6.45) is 0. The molecule has 0 radical (unpaired) electrons. The largest absolute Gasteiger partial charge is 0.208 e. The number of hydrogen-bond acceptors (Lipinski definition) is 4. The lowest BCUT2D eigenvalue weighted by atomic mass is 9.93. The molecule has 7 aromatic carbocycles. The number of thiophene rings is 1. The Morgan fingerprint density at radius 1 is 0.327 bits per heavy atom. The van der Waals surface area contributed by atoms with Crippen molar-refractivity contribution in [2.24, 2.45) is 0 Å². The Balaban J connectivity index is 1.22. The van der Waals surface area contributed by atoms with Gasteiger partial charge in [-0.1, -0.05) is 158 Å². The van der Waals surface area contributed by atoms with Gasteiger partial charge in [-0.3, -0.25) is 0 Å². The quantitative estimate of drug-likeness (QED) is 0.181. The summed E-state index contributed by atoms with van der Waals surface area (Å²) in [5, 5.41) is 2.56. The first-order chi connectivity index (χ1) is 24.3. The molecule has 9 aromatic rings. The number of benzene rings is 7. The van der Waals surface area contributed by atoms with Crippen molar-refractivity contribution in [2.45, 2.75) is 0 Å². The molecule has 4 heteroatoms. The van der Waals surface area contributed by atoms with Crippen LogP contribution in [0.15, 0.2) is 176 Å². The summed E-state index contributed by atoms with van der Waals surface area (Å²) in [6.45, 7) is 0. The Morgan fingerprint density at radius 2 is 0.816 bits per heavy atom. The number of aromatic nitrogens is 3. The van der Waals surface area contributed by atoms with Crippen LogP contribution in [0.1, 0.15) is 0 Å². The smallest absolute Gasteiger partial charge is 0.164 e. The van der Waals surface area contributed by atoms with Gasteiger partial charge in [-0.05, 0) is 51.6 Å². The lowest BCUT2D eigenvalue weighted by Crippen LogP contribution is -2.00. The van der Waals surface area contributed by atoms with Crippen LogP contribution >= 0.6 is 11.3 Å². The van der Waals surface area contributed by atoms with Crippen molar-refractivity contribution in [3.05, 3.63) is 176 Å². The maximum atomic E-state index is 5.00. The second-order valence-electron chi connectivity index (χ2n) is 12.0. The summed E-state index contributed by atoms with van der Waals surface area (Å²) in [5.41, 5.74) is 10.1. The van der Waals surface area contributed by atoms with Gasteiger partial charge in [-0.15, -0.1) is 11.3 Å². The van der Waals surface area contributed by atoms with Gasteiger partial charge in [-0.25, -0.2) is 15.0 Å². The van der Waals surface area contributed by atoms with Crippen molar-refractivity contribution < 1.29 is 0 Å². The molecule has 2 aromatic heterocycles. The lowest BCUT2D eigenvalue weighted by molar-refractivity contribution is 1.07. The Morgan fingerprint density at radius 3 is 1.43 bits per heavy atom. The Bertz CT molecular complexity index is 2520. The van der Waals surface area contributed by atoms with Crippen LogP contribution in [0.5, 0.6) is 0 Å². The minimum Gasteiger partial charge on any atom is -0.208 e. The van der Waals surface area contributed by atoms with E-state index in [0.717, 1.165) is 22.3 Å². The average molecular weight is 644 g/mol. The van der Waals surface area contributed by atoms with Crippen LogP contribution in [0.2, 0.25) is 0 Å². The summed E-state index contributed by atoms with van der Waals surface area (Å²) in [6, 6.07) is 61.6. The predicted octanol–water partition coefficient (Wildman–Crippen LogP) is 12.2. The first-order valence-electron chi connectivity index (χ1n) is 16.4. The van der Waals surface area contributed by atoms with E-state index in [1.54, 1.807) is 0 Å². The first-order valence-corrected chi connectivity index (χ1v) is 17.2. The fourth-order valence-electron chi connectivity index (χ4n) is 6.56. The second-order valence-corrected chi connectivity index (χ2v) is 13.1. The van der Waals surface area contributed by atoms with Gasteiger partial charge in [0.05, 0.1) is 0 Å². The van der Waals surface area contributed by atoms with Gasteiger partial charge in [0.2, 0.25) is 0 Å². The van der Waals surface area contributed by atoms with Crippen LogP contribution in [-0.2, 0) is 0 Å². The minimum atomic E-state index is 0.650. The first kappa shape index (κ1) is 29.0. The van der Waals surface area contributed by atoms with E-state index in [1.807, 2.05) is 72.0 Å². The van der Waals surface area contributed by atoms with E-state index in [2.05, 4.69) is 115 Å². The fraction of sp³-hybridized carbons (Fsp3) is 0. The van der Waals surface area contributed by atoms with Gasteiger partial charge in [-0.2, -0.15) is 0 Å². The topological polar surface area (TPSA) is 38.7 Å². The fourth-order valence-corrected chi connectivity index (χ4v) is 7.86. The van der Waals surface area contributed by atoms with Crippen molar-refractivity contribution in [3.8, 4) is 67.5 Å². The Kier molecular flexibility index (Phi) is 7.34. The molecular formula is C45H29N3S. The molecule has 2 heterocycles. The van der Waals surface area contributed by atoms with Gasteiger partial charge < -0.3 is 0 Å². The SMILES string of the molecule is c1ccc(-c2cc(-c3ccccc3)c3c(c2)sc2c(-c4cccc(-c5nc(-c6ccccc6)nc(-c6ccccc6)n5)c4)cccc23)cc1. The molecule has 0 N–H and O–H groups in total. The lowest BCUT2D eigenvalue weighted by Gasteiger charge is -2.10. The third kappa shape index (κ3) is 5.48. The minimum absolute atomic E-state index is 0.650. The van der Waals surface area contributed by atoms with Gasteiger partial charge in [0.1, 0.15) is 0 Å². The molecule has 0 bridgehead atoms. The van der Waals surface area contributed by atoms with Crippen LogP contribution < -0.4 is 0 Å². The summed E-state index contributed by atoms with van der Waals surface area (Å²) in [7, 11) is 0. The van der Waals surface area contributed by atoms with Crippen molar-refractivity contribution in [1.29, 1.82) is 0 Å². The third-order valence-electron chi connectivity index (χ3n) is 8.92. The average Bonchev–Trinajstić information content (AvgIpc) is 3.58. The molecular weight excluding hydrogens is 615 g/mol. The van der Waals surface area contributed by atoms with Crippen molar-refractivity contribution >= 4 is 31.5 Å². The van der Waals surface area contributed by atoms with Gasteiger partial charge in [0, 0.05) is 36.9 Å². The van der Waals surface area contributed by atoms with Crippen molar-refractivity contribution in [2.75, 3.05) is 0 Å². The molecule has 230 valence electrons. The summed E-state index contributed by atoms with van der Waals surface area (Å²) < 4.78 is 2.54. The summed E-state index contributed by atoms with van der Waals surface area (Å²) in [5.74, 6) is 1.96. The highest BCUT2D eigenvalue weighted by molar-refractivity contribution is 7.26. The molecule has 0 unspecified atom stereocenters. The molecule has 9 rings (SSSR count). The molecule has 0 fully saturated rings. The van der Waals surface area contributed by atoms with Gasteiger partial charge in [0.25, 0.3) is 0 Å². The number of fused-ring (bicyclic) bond motifs is 3. The van der Waals surface area contributed by atoms with Crippen LogP contribution in [0.4, 0.5) is 0 Å². The molecule has 0 aliphatic heterocycles. The third-order valence-corrected chi connectivity index (χ3v) is 10.1. The maximum Gasteiger partial charge on any atom is 0.164 e. The normalized spacial score (nSPS) is 11.3. The number of rotatable bonds is 6. The standard InChI is InChI=1S/C45H29N3S/c1-5-15-30(16-6-1)36-28-39(31-17-7-2-8-18-31)41-38-26-14-25-37(42(38)49-40(41)29-36)34-23-13-24-35(27-34)45-47-43(32-19-9-3-10-20-32)46-44(48-45)33-21-11-4-12-22-33/h1-29H. The molecule has 0 spiro atoms. The molecule has 49 heavy (non-hydrogen) atoms. The highest BCUT2D eigenvalue weighted by Gasteiger charge is 2.18. The van der Waals surface area contributed by atoms with Gasteiger partial charge >= 0.3 is 0 Å². The van der Waals surface area contributed by atoms with Crippen LogP contribution in [0, 0.1) is 0 Å². The van der Waals surface area contributed by atoms with E-state index in [9.17, 15) is 0 Å². The maximum absolute atomic E-state index is 5.00. The van der Waals surface area contributed by atoms with E-state index in [0.29, 0.717) is 17.5 Å². The molecule has 0 atom stereocenters. The highest BCUT2D eigenvalue weighted by Crippen LogP contribution is 2.46. The summed E-state index contributed by atoms with van der Waals surface area (Å²) in [4.78, 5) is 14.9. The Hall–Kier alpha value is -6.23. The molecule has 3 nitrogen and oxygen atoms in total. The molecule has 0 saturated heterocycles. The van der Waals surface area contributed by atoms with Gasteiger partial charge in [0.15, 0.2) is 17.5 Å². The van der Waals surface area contributed by atoms with E-state index in [-0.39, 0.29) is 0 Å².